The Hall–Kier alpha value is -1.69. The molecule has 0 aromatic carbocycles. The molecule has 0 amide bonds. The summed E-state index contributed by atoms with van der Waals surface area (Å²) in [5.41, 5.74) is 7.36. The number of nitrogens with two attached hydrogens (primary N) is 1. The third-order valence-electron chi connectivity index (χ3n) is 4.46. The van der Waals surface area contributed by atoms with Crippen LogP contribution >= 0.6 is 0 Å². The molecule has 2 aromatic heterocycles. The first-order valence-electron chi connectivity index (χ1n) is 7.82. The normalized spacial score (nSPS) is 19.9. The molecule has 3 heterocycles. The number of nitrogens with zero attached hydrogens (tertiary/aromatic N) is 5. The van der Waals surface area contributed by atoms with Crippen LogP contribution in [0.4, 0.5) is 5.82 Å². The molecular weight excluding hydrogens is 264 g/mol. The van der Waals surface area contributed by atoms with Crippen LogP contribution in [0.3, 0.4) is 0 Å². The second-order valence-corrected chi connectivity index (χ2v) is 6.21. The first-order valence-corrected chi connectivity index (χ1v) is 7.82. The maximum atomic E-state index is 5.81. The van der Waals surface area contributed by atoms with E-state index >= 15 is 0 Å². The molecule has 1 atom stereocenters. The van der Waals surface area contributed by atoms with Crippen LogP contribution in [0.25, 0.3) is 11.2 Å². The van der Waals surface area contributed by atoms with Gasteiger partial charge in [-0.05, 0) is 31.7 Å². The van der Waals surface area contributed by atoms with Gasteiger partial charge in [0.05, 0.1) is 6.33 Å². The Morgan fingerprint density at radius 1 is 1.29 bits per heavy atom. The van der Waals surface area contributed by atoms with Crippen molar-refractivity contribution in [3.63, 3.8) is 0 Å². The van der Waals surface area contributed by atoms with Crippen molar-refractivity contribution in [1.29, 1.82) is 0 Å². The van der Waals surface area contributed by atoms with Crippen molar-refractivity contribution in [1.82, 2.24) is 24.4 Å². The molecule has 2 N–H and O–H groups in total. The predicted octanol–water partition coefficient (Wildman–Crippen LogP) is 1.92. The van der Waals surface area contributed by atoms with Crippen LogP contribution in [0.2, 0.25) is 0 Å². The monoisotopic (exact) mass is 288 g/mol. The Bertz CT molecular complexity index is 605. The summed E-state index contributed by atoms with van der Waals surface area (Å²) in [6.45, 7) is 7.96. The van der Waals surface area contributed by atoms with Crippen LogP contribution in [0.15, 0.2) is 12.7 Å². The van der Waals surface area contributed by atoms with Crippen molar-refractivity contribution in [3.8, 4) is 0 Å². The molecule has 6 heteroatoms. The minimum absolute atomic E-state index is 0.457. The van der Waals surface area contributed by atoms with E-state index in [0.717, 1.165) is 37.1 Å². The van der Waals surface area contributed by atoms with E-state index in [1.807, 2.05) is 6.33 Å². The molecule has 0 saturated carbocycles. The number of fused-ring (bicyclic) bond motifs is 1. The molecule has 2 aromatic rings. The minimum Gasteiger partial charge on any atom is -0.382 e. The van der Waals surface area contributed by atoms with E-state index in [-0.39, 0.29) is 0 Å². The number of hydrogen-bond donors (Lipinski definition) is 1. The van der Waals surface area contributed by atoms with Crippen molar-refractivity contribution >= 4 is 17.0 Å². The summed E-state index contributed by atoms with van der Waals surface area (Å²) in [7, 11) is 0. The van der Waals surface area contributed by atoms with Crippen LogP contribution in [0.1, 0.15) is 33.1 Å². The maximum absolute atomic E-state index is 5.81. The van der Waals surface area contributed by atoms with Gasteiger partial charge in [-0.3, -0.25) is 0 Å². The summed E-state index contributed by atoms with van der Waals surface area (Å²) >= 11 is 0. The lowest BCUT2D eigenvalue weighted by molar-refractivity contribution is 0.202. The minimum atomic E-state index is 0.457. The molecule has 3 rings (SSSR count). The van der Waals surface area contributed by atoms with Crippen LogP contribution in [-0.4, -0.2) is 43.6 Å². The number of nitrogen functional groups attached to an aromatic ring is 1. The zero-order chi connectivity index (χ0) is 14.8. The van der Waals surface area contributed by atoms with Crippen molar-refractivity contribution < 1.29 is 0 Å². The molecule has 1 fully saturated rings. The second-order valence-electron chi connectivity index (χ2n) is 6.21. The number of aromatic nitrogens is 4. The Balaban J connectivity index is 1.61. The van der Waals surface area contributed by atoms with E-state index in [1.165, 1.54) is 25.7 Å². The van der Waals surface area contributed by atoms with Crippen LogP contribution in [0.5, 0.6) is 0 Å². The van der Waals surface area contributed by atoms with E-state index in [4.69, 9.17) is 5.73 Å². The number of rotatable bonds is 5. The van der Waals surface area contributed by atoms with Crippen molar-refractivity contribution in [2.75, 3.05) is 18.8 Å². The smallest absolute Gasteiger partial charge is 0.165 e. The average Bonchev–Trinajstić information content (AvgIpc) is 3.07. The van der Waals surface area contributed by atoms with Gasteiger partial charge in [-0.1, -0.05) is 13.8 Å². The zero-order valence-electron chi connectivity index (χ0n) is 12.9. The van der Waals surface area contributed by atoms with Gasteiger partial charge >= 0.3 is 0 Å². The number of hydrogen-bond acceptors (Lipinski definition) is 5. The molecule has 1 unspecified atom stereocenters. The van der Waals surface area contributed by atoms with Gasteiger partial charge in [0.2, 0.25) is 0 Å². The second kappa shape index (κ2) is 5.97. The van der Waals surface area contributed by atoms with Gasteiger partial charge in [0, 0.05) is 19.1 Å². The summed E-state index contributed by atoms with van der Waals surface area (Å²) in [6.07, 6.45) is 7.11. The van der Waals surface area contributed by atoms with E-state index in [0.29, 0.717) is 11.3 Å². The van der Waals surface area contributed by atoms with Gasteiger partial charge in [-0.2, -0.15) is 0 Å². The van der Waals surface area contributed by atoms with Gasteiger partial charge in [0.25, 0.3) is 0 Å². The molecule has 0 bridgehead atoms. The lowest BCUT2D eigenvalue weighted by Crippen LogP contribution is -2.34. The van der Waals surface area contributed by atoms with E-state index in [1.54, 1.807) is 0 Å². The molecule has 0 spiro atoms. The van der Waals surface area contributed by atoms with Gasteiger partial charge in [0.15, 0.2) is 11.5 Å². The standard InChI is InChI=1S/C15H24N6/c1-11(2)12-5-3-6-20(12)7-4-8-21-10-19-13-14(16)17-9-18-15(13)21/h9-12H,3-8H2,1-2H3,(H2,16,17,18). The summed E-state index contributed by atoms with van der Waals surface area (Å²) in [4.78, 5) is 15.2. The number of likely N-dealkylation sites (tertiary alicyclic amines) is 1. The Morgan fingerprint density at radius 2 is 2.14 bits per heavy atom. The van der Waals surface area contributed by atoms with Crippen LogP contribution in [-0.2, 0) is 6.54 Å². The first-order chi connectivity index (χ1) is 10.2. The predicted molar refractivity (Wildman–Crippen MR) is 83.8 cm³/mol. The lowest BCUT2D eigenvalue weighted by Gasteiger charge is -2.27. The van der Waals surface area contributed by atoms with Gasteiger partial charge < -0.3 is 15.2 Å². The quantitative estimate of drug-likeness (QED) is 0.910. The molecule has 0 radical (unpaired) electrons. The SMILES string of the molecule is CC(C)C1CCCN1CCCn1cnc2c(N)ncnc21. The molecule has 114 valence electrons. The third kappa shape index (κ3) is 2.85. The summed E-state index contributed by atoms with van der Waals surface area (Å²) < 4.78 is 2.08. The van der Waals surface area contributed by atoms with E-state index in [2.05, 4.69) is 38.3 Å². The largest absolute Gasteiger partial charge is 0.382 e. The van der Waals surface area contributed by atoms with Crippen molar-refractivity contribution in [2.24, 2.45) is 5.92 Å². The molecular formula is C15H24N6. The highest BCUT2D eigenvalue weighted by Gasteiger charge is 2.26. The van der Waals surface area contributed by atoms with Crippen molar-refractivity contribution in [2.45, 2.75) is 45.7 Å². The Labute approximate surface area is 125 Å². The highest BCUT2D eigenvalue weighted by molar-refractivity contribution is 5.80. The van der Waals surface area contributed by atoms with Crippen LogP contribution < -0.4 is 5.73 Å². The number of anilines is 1. The first kappa shape index (κ1) is 14.3. The molecule has 1 saturated heterocycles. The summed E-state index contributed by atoms with van der Waals surface area (Å²) in [5.74, 6) is 1.20. The summed E-state index contributed by atoms with van der Waals surface area (Å²) in [6, 6.07) is 0.752. The van der Waals surface area contributed by atoms with E-state index < -0.39 is 0 Å². The lowest BCUT2D eigenvalue weighted by atomic mass is 10.0. The van der Waals surface area contributed by atoms with Gasteiger partial charge in [-0.25, -0.2) is 15.0 Å². The van der Waals surface area contributed by atoms with Gasteiger partial charge in [0.1, 0.15) is 11.8 Å². The Kier molecular flexibility index (Phi) is 4.05. The molecule has 0 aliphatic carbocycles. The number of imidazole rings is 1. The molecule has 1 aliphatic rings. The maximum Gasteiger partial charge on any atom is 0.165 e. The highest BCUT2D eigenvalue weighted by atomic mass is 15.2. The fourth-order valence-electron chi connectivity index (χ4n) is 3.39. The fourth-order valence-corrected chi connectivity index (χ4v) is 3.39. The topological polar surface area (TPSA) is 72.9 Å². The zero-order valence-corrected chi connectivity index (χ0v) is 12.9. The third-order valence-corrected chi connectivity index (χ3v) is 4.46. The van der Waals surface area contributed by atoms with Crippen LogP contribution in [0, 0.1) is 5.92 Å². The average molecular weight is 288 g/mol. The molecule has 1 aliphatic heterocycles. The highest BCUT2D eigenvalue weighted by Crippen LogP contribution is 2.24. The molecule has 21 heavy (non-hydrogen) atoms. The Morgan fingerprint density at radius 3 is 2.95 bits per heavy atom. The van der Waals surface area contributed by atoms with E-state index in [9.17, 15) is 0 Å². The number of aryl methyl sites for hydroxylation is 1. The fraction of sp³-hybridized carbons (Fsp3) is 0.667. The molecule has 6 nitrogen and oxygen atoms in total. The van der Waals surface area contributed by atoms with Gasteiger partial charge in [-0.15, -0.1) is 0 Å². The summed E-state index contributed by atoms with van der Waals surface area (Å²) in [5, 5.41) is 0. The van der Waals surface area contributed by atoms with Crippen molar-refractivity contribution in [3.05, 3.63) is 12.7 Å².